The van der Waals surface area contributed by atoms with Crippen LogP contribution in [0.2, 0.25) is 5.02 Å². The van der Waals surface area contributed by atoms with Crippen molar-refractivity contribution < 1.29 is 0 Å². The lowest BCUT2D eigenvalue weighted by Gasteiger charge is -2.14. The molecule has 2 nitrogen and oxygen atoms in total. The fraction of sp³-hybridized carbons (Fsp3) is 0.308. The molecule has 1 heterocycles. The smallest absolute Gasteiger partial charge is 0.0897 e. The quantitative estimate of drug-likeness (QED) is 0.906. The molecule has 1 aromatic heterocycles. The number of rotatable bonds is 4. The first-order chi connectivity index (χ1) is 8.16. The van der Waals surface area contributed by atoms with Crippen LogP contribution in [0.1, 0.15) is 28.4 Å². The van der Waals surface area contributed by atoms with Crippen LogP contribution in [-0.2, 0) is 6.54 Å². The van der Waals surface area contributed by atoms with Crippen LogP contribution in [0.5, 0.6) is 0 Å². The van der Waals surface area contributed by atoms with Crippen LogP contribution < -0.4 is 5.32 Å². The van der Waals surface area contributed by atoms with Crippen molar-refractivity contribution in [3.63, 3.8) is 0 Å². The van der Waals surface area contributed by atoms with Crippen LogP contribution in [0, 0.1) is 6.92 Å². The van der Waals surface area contributed by atoms with Gasteiger partial charge < -0.3 is 5.32 Å². The van der Waals surface area contributed by atoms with Crippen LogP contribution in [0.4, 0.5) is 0 Å². The molecule has 1 aromatic carbocycles. The molecule has 2 aromatic rings. The molecule has 2 rings (SSSR count). The Morgan fingerprint density at radius 3 is 2.82 bits per heavy atom. The van der Waals surface area contributed by atoms with Crippen molar-refractivity contribution in [1.29, 1.82) is 0 Å². The van der Waals surface area contributed by atoms with Crippen LogP contribution in [0.3, 0.4) is 0 Å². The summed E-state index contributed by atoms with van der Waals surface area (Å²) in [6, 6.07) is 8.18. The third-order valence-electron chi connectivity index (χ3n) is 2.62. The predicted molar refractivity (Wildman–Crippen MR) is 73.6 cm³/mol. The monoisotopic (exact) mass is 266 g/mol. The van der Waals surface area contributed by atoms with Crippen molar-refractivity contribution in [2.75, 3.05) is 0 Å². The van der Waals surface area contributed by atoms with Gasteiger partial charge in [0.25, 0.3) is 0 Å². The summed E-state index contributed by atoms with van der Waals surface area (Å²) in [6.07, 6.45) is 1.92. The second-order valence-electron chi connectivity index (χ2n) is 3.97. The van der Waals surface area contributed by atoms with E-state index in [9.17, 15) is 0 Å². The van der Waals surface area contributed by atoms with E-state index in [1.165, 1.54) is 4.88 Å². The van der Waals surface area contributed by atoms with Gasteiger partial charge in [-0.2, -0.15) is 0 Å². The number of aromatic nitrogens is 1. The van der Waals surface area contributed by atoms with Crippen LogP contribution in [0.25, 0.3) is 0 Å². The Bertz CT molecular complexity index is 496. The third-order valence-corrected chi connectivity index (χ3v) is 3.88. The molecule has 0 aliphatic rings. The molecule has 4 heteroatoms. The number of nitrogens with one attached hydrogen (secondary N) is 1. The maximum absolute atomic E-state index is 6.16. The summed E-state index contributed by atoms with van der Waals surface area (Å²) in [7, 11) is 0. The molecular weight excluding hydrogens is 252 g/mol. The van der Waals surface area contributed by atoms with Crippen LogP contribution in [-0.4, -0.2) is 4.98 Å². The Balaban J connectivity index is 1.98. The molecule has 0 saturated heterocycles. The molecule has 0 radical (unpaired) electrons. The zero-order chi connectivity index (χ0) is 12.3. The first-order valence-corrected chi connectivity index (χ1v) is 6.75. The van der Waals surface area contributed by atoms with Crippen LogP contribution in [0.15, 0.2) is 30.5 Å². The second-order valence-corrected chi connectivity index (χ2v) is 5.70. The Labute approximate surface area is 111 Å². The lowest BCUT2D eigenvalue weighted by molar-refractivity contribution is 0.578. The molecule has 0 fully saturated rings. The summed E-state index contributed by atoms with van der Waals surface area (Å²) in [5.41, 5.74) is 1.13. The van der Waals surface area contributed by atoms with Gasteiger partial charge in [-0.3, -0.25) is 0 Å². The second kappa shape index (κ2) is 5.63. The Hall–Kier alpha value is -0.900. The molecular formula is C13H15ClN2S. The minimum Gasteiger partial charge on any atom is -0.305 e. The van der Waals surface area contributed by atoms with Crippen molar-refractivity contribution in [3.8, 4) is 0 Å². The number of hydrogen-bond donors (Lipinski definition) is 1. The largest absolute Gasteiger partial charge is 0.305 e. The summed E-state index contributed by atoms with van der Waals surface area (Å²) in [4.78, 5) is 5.49. The first kappa shape index (κ1) is 12.6. The molecule has 0 aliphatic heterocycles. The Morgan fingerprint density at radius 1 is 1.41 bits per heavy atom. The number of hydrogen-bond acceptors (Lipinski definition) is 3. The molecule has 0 amide bonds. The number of thiazole rings is 1. The van der Waals surface area contributed by atoms with Gasteiger partial charge in [-0.25, -0.2) is 4.98 Å². The maximum atomic E-state index is 6.16. The standard InChI is InChI=1S/C13H15ClN2S/c1-9(12-5-3-4-6-13(12)14)15-7-11-8-16-10(2)17-11/h3-6,8-9,15H,7H2,1-2H3. The summed E-state index contributed by atoms with van der Waals surface area (Å²) in [5.74, 6) is 0. The SMILES string of the molecule is Cc1ncc(CNC(C)c2ccccc2Cl)s1. The highest BCUT2D eigenvalue weighted by Crippen LogP contribution is 2.22. The fourth-order valence-corrected chi connectivity index (χ4v) is 2.72. The van der Waals surface area contributed by atoms with E-state index in [0.717, 1.165) is 22.1 Å². The lowest BCUT2D eigenvalue weighted by Crippen LogP contribution is -2.17. The number of halogens is 1. The highest BCUT2D eigenvalue weighted by Gasteiger charge is 2.08. The normalized spacial score (nSPS) is 12.6. The topological polar surface area (TPSA) is 24.9 Å². The van der Waals surface area contributed by atoms with E-state index >= 15 is 0 Å². The lowest BCUT2D eigenvalue weighted by atomic mass is 10.1. The molecule has 0 bridgehead atoms. The first-order valence-electron chi connectivity index (χ1n) is 5.56. The highest BCUT2D eigenvalue weighted by molar-refractivity contribution is 7.11. The predicted octanol–water partition coefficient (Wildman–Crippen LogP) is 3.96. The van der Waals surface area contributed by atoms with Crippen LogP contribution >= 0.6 is 22.9 Å². The maximum Gasteiger partial charge on any atom is 0.0897 e. The van der Waals surface area contributed by atoms with E-state index < -0.39 is 0 Å². The highest BCUT2D eigenvalue weighted by atomic mass is 35.5. The van der Waals surface area contributed by atoms with E-state index in [-0.39, 0.29) is 6.04 Å². The third kappa shape index (κ3) is 3.28. The molecule has 0 saturated carbocycles. The van der Waals surface area contributed by atoms with Crippen molar-refractivity contribution >= 4 is 22.9 Å². The van der Waals surface area contributed by atoms with E-state index in [2.05, 4.69) is 23.3 Å². The van der Waals surface area contributed by atoms with E-state index in [1.807, 2.05) is 31.3 Å². The zero-order valence-corrected chi connectivity index (χ0v) is 11.5. The number of aryl methyl sites for hydroxylation is 1. The summed E-state index contributed by atoms with van der Waals surface area (Å²) < 4.78 is 0. The van der Waals surface area contributed by atoms with Gasteiger partial charge in [-0.15, -0.1) is 11.3 Å². The minimum atomic E-state index is 0.242. The van der Waals surface area contributed by atoms with Gasteiger partial charge in [-0.1, -0.05) is 29.8 Å². The van der Waals surface area contributed by atoms with Gasteiger partial charge in [-0.05, 0) is 25.5 Å². The van der Waals surface area contributed by atoms with E-state index in [0.29, 0.717) is 0 Å². The summed E-state index contributed by atoms with van der Waals surface area (Å²) in [6.45, 7) is 4.97. The molecule has 0 aliphatic carbocycles. The van der Waals surface area contributed by atoms with Crippen molar-refractivity contribution in [1.82, 2.24) is 10.3 Å². The molecule has 1 atom stereocenters. The van der Waals surface area contributed by atoms with E-state index in [1.54, 1.807) is 11.3 Å². The fourth-order valence-electron chi connectivity index (χ4n) is 1.68. The molecule has 0 spiro atoms. The average Bonchev–Trinajstić information content (AvgIpc) is 2.73. The van der Waals surface area contributed by atoms with Gasteiger partial charge in [0.15, 0.2) is 0 Å². The Morgan fingerprint density at radius 2 is 2.18 bits per heavy atom. The zero-order valence-electron chi connectivity index (χ0n) is 9.90. The summed E-state index contributed by atoms with van der Waals surface area (Å²) >= 11 is 7.88. The van der Waals surface area contributed by atoms with Crippen molar-refractivity contribution in [2.45, 2.75) is 26.4 Å². The van der Waals surface area contributed by atoms with E-state index in [4.69, 9.17) is 11.6 Å². The van der Waals surface area contributed by atoms with Gasteiger partial charge in [0.2, 0.25) is 0 Å². The Kier molecular flexibility index (Phi) is 4.15. The molecule has 1 N–H and O–H groups in total. The molecule has 1 unspecified atom stereocenters. The number of benzene rings is 1. The summed E-state index contributed by atoms with van der Waals surface area (Å²) in [5, 5.41) is 5.37. The number of nitrogens with zero attached hydrogens (tertiary/aromatic N) is 1. The average molecular weight is 267 g/mol. The van der Waals surface area contributed by atoms with Gasteiger partial charge in [0, 0.05) is 28.7 Å². The van der Waals surface area contributed by atoms with Gasteiger partial charge in [0.05, 0.1) is 5.01 Å². The van der Waals surface area contributed by atoms with Crippen molar-refractivity contribution in [2.24, 2.45) is 0 Å². The van der Waals surface area contributed by atoms with Crippen molar-refractivity contribution in [3.05, 3.63) is 50.9 Å². The molecule has 90 valence electrons. The minimum absolute atomic E-state index is 0.242. The van der Waals surface area contributed by atoms with Gasteiger partial charge in [0.1, 0.15) is 0 Å². The van der Waals surface area contributed by atoms with Gasteiger partial charge >= 0.3 is 0 Å². The molecule has 17 heavy (non-hydrogen) atoms.